The van der Waals surface area contributed by atoms with Crippen LogP contribution in [-0.2, 0) is 11.8 Å². The highest BCUT2D eigenvalue weighted by molar-refractivity contribution is 7.17. The maximum absolute atomic E-state index is 12.4. The predicted molar refractivity (Wildman–Crippen MR) is 79.2 cm³/mol. The summed E-state index contributed by atoms with van der Waals surface area (Å²) in [7, 11) is 1.87. The van der Waals surface area contributed by atoms with Crippen molar-refractivity contribution < 1.29 is 9.53 Å². The molecule has 0 amide bonds. The molecule has 5 nitrogen and oxygen atoms in total. The Morgan fingerprint density at radius 2 is 2.24 bits per heavy atom. The van der Waals surface area contributed by atoms with Crippen LogP contribution in [0.2, 0.25) is 0 Å². The molecular formula is C15H17N3O2S. The van der Waals surface area contributed by atoms with Crippen molar-refractivity contribution in [3.8, 4) is 10.6 Å². The maximum atomic E-state index is 12.4. The first-order chi connectivity index (χ1) is 10.1. The number of nitrogens with zero attached hydrogens (tertiary/aromatic N) is 3. The smallest absolute Gasteiger partial charge is 0.350 e. The molecule has 2 aromatic rings. The number of aryl methyl sites for hydroxylation is 2. The van der Waals surface area contributed by atoms with E-state index in [-0.39, 0.29) is 11.6 Å². The van der Waals surface area contributed by atoms with Crippen LogP contribution in [0.1, 0.15) is 41.0 Å². The van der Waals surface area contributed by atoms with E-state index < -0.39 is 0 Å². The van der Waals surface area contributed by atoms with Crippen molar-refractivity contribution in [3.05, 3.63) is 23.0 Å². The van der Waals surface area contributed by atoms with E-state index in [1.807, 2.05) is 20.2 Å². The van der Waals surface area contributed by atoms with Crippen LogP contribution < -0.4 is 0 Å². The molecule has 110 valence electrons. The van der Waals surface area contributed by atoms with Crippen LogP contribution in [0.15, 0.2) is 12.4 Å². The highest BCUT2D eigenvalue weighted by atomic mass is 32.1. The molecule has 2 saturated carbocycles. The van der Waals surface area contributed by atoms with Crippen LogP contribution in [0, 0.1) is 12.8 Å². The summed E-state index contributed by atoms with van der Waals surface area (Å²) in [4.78, 5) is 17.5. The summed E-state index contributed by atoms with van der Waals surface area (Å²) in [5, 5.41) is 4.97. The number of hydrogen-bond acceptors (Lipinski definition) is 5. The minimum absolute atomic E-state index is 0.137. The van der Waals surface area contributed by atoms with Crippen molar-refractivity contribution in [1.29, 1.82) is 0 Å². The number of rotatable bonds is 4. The maximum Gasteiger partial charge on any atom is 0.350 e. The topological polar surface area (TPSA) is 57.0 Å². The van der Waals surface area contributed by atoms with Crippen molar-refractivity contribution >= 4 is 17.3 Å². The molecule has 0 atom stereocenters. The van der Waals surface area contributed by atoms with Crippen LogP contribution in [0.25, 0.3) is 10.6 Å². The molecule has 2 heterocycles. The zero-order chi connectivity index (χ0) is 14.6. The van der Waals surface area contributed by atoms with Crippen LogP contribution in [0.5, 0.6) is 0 Å². The molecule has 0 unspecified atom stereocenters. The summed E-state index contributed by atoms with van der Waals surface area (Å²) in [6.07, 6.45) is 8.12. The average molecular weight is 303 g/mol. The van der Waals surface area contributed by atoms with Gasteiger partial charge in [-0.3, -0.25) is 4.68 Å². The highest BCUT2D eigenvalue weighted by Crippen LogP contribution is 2.56. The van der Waals surface area contributed by atoms with Gasteiger partial charge in [0.2, 0.25) is 0 Å². The zero-order valence-corrected chi connectivity index (χ0v) is 12.9. The van der Waals surface area contributed by atoms with Crippen molar-refractivity contribution in [1.82, 2.24) is 14.8 Å². The molecule has 4 rings (SSSR count). The second-order valence-corrected chi connectivity index (χ2v) is 7.06. The summed E-state index contributed by atoms with van der Waals surface area (Å²) in [5.41, 5.74) is 1.55. The normalized spacial score (nSPS) is 19.5. The molecule has 0 aliphatic heterocycles. The second-order valence-electron chi connectivity index (χ2n) is 6.06. The summed E-state index contributed by atoms with van der Waals surface area (Å²) in [5.74, 6) is 0.400. The number of esters is 1. The predicted octanol–water partition coefficient (Wildman–Crippen LogP) is 2.95. The first-order valence-electron chi connectivity index (χ1n) is 7.27. The van der Waals surface area contributed by atoms with Gasteiger partial charge in [-0.2, -0.15) is 5.10 Å². The molecule has 6 heteroatoms. The van der Waals surface area contributed by atoms with Crippen molar-refractivity contribution in [3.63, 3.8) is 0 Å². The van der Waals surface area contributed by atoms with Crippen LogP contribution in [-0.4, -0.2) is 26.3 Å². The standard InChI is InChI=1S/C15H17N3O2S/c1-9-12(14(19)20-15(5-6-15)11-3-4-11)21-13(17-9)10-7-16-18(2)8-10/h7-8,11H,3-6H2,1-2H3. The van der Waals surface area contributed by atoms with Gasteiger partial charge in [0.1, 0.15) is 15.5 Å². The Balaban J connectivity index is 1.57. The van der Waals surface area contributed by atoms with Gasteiger partial charge < -0.3 is 4.74 Å². The van der Waals surface area contributed by atoms with Gasteiger partial charge in [0.25, 0.3) is 0 Å². The third-order valence-electron chi connectivity index (χ3n) is 4.29. The van der Waals surface area contributed by atoms with Crippen molar-refractivity contribution in [2.24, 2.45) is 13.0 Å². The van der Waals surface area contributed by atoms with Gasteiger partial charge in [0.15, 0.2) is 0 Å². The summed E-state index contributed by atoms with van der Waals surface area (Å²) in [6.45, 7) is 1.86. The fraction of sp³-hybridized carbons (Fsp3) is 0.533. The largest absolute Gasteiger partial charge is 0.455 e. The molecule has 0 radical (unpaired) electrons. The monoisotopic (exact) mass is 303 g/mol. The Morgan fingerprint density at radius 3 is 2.81 bits per heavy atom. The highest BCUT2D eigenvalue weighted by Gasteiger charge is 2.57. The second kappa shape index (κ2) is 4.40. The van der Waals surface area contributed by atoms with Crippen molar-refractivity contribution in [2.45, 2.75) is 38.2 Å². The lowest BCUT2D eigenvalue weighted by molar-refractivity contribution is 0.0165. The lowest BCUT2D eigenvalue weighted by atomic mass is 10.2. The third kappa shape index (κ3) is 2.27. The molecular weight excluding hydrogens is 286 g/mol. The molecule has 0 saturated heterocycles. The number of carbonyl (C=O) groups excluding carboxylic acids is 1. The molecule has 2 aliphatic rings. The number of aromatic nitrogens is 3. The summed E-state index contributed by atoms with van der Waals surface area (Å²) >= 11 is 1.40. The van der Waals surface area contributed by atoms with E-state index in [0.29, 0.717) is 10.8 Å². The lowest BCUT2D eigenvalue weighted by Crippen LogP contribution is -2.21. The molecule has 21 heavy (non-hydrogen) atoms. The number of carbonyl (C=O) groups is 1. The first kappa shape index (κ1) is 13.0. The summed E-state index contributed by atoms with van der Waals surface area (Å²) < 4.78 is 7.54. The Hall–Kier alpha value is -1.69. The minimum Gasteiger partial charge on any atom is -0.455 e. The Morgan fingerprint density at radius 1 is 1.48 bits per heavy atom. The van der Waals surface area contributed by atoms with Crippen LogP contribution >= 0.6 is 11.3 Å². The van der Waals surface area contributed by atoms with Gasteiger partial charge in [0, 0.05) is 18.8 Å². The molecule has 0 N–H and O–H groups in total. The fourth-order valence-corrected chi connectivity index (χ4v) is 3.72. The number of thiazole rings is 1. The zero-order valence-electron chi connectivity index (χ0n) is 12.1. The molecule has 2 aromatic heterocycles. The SMILES string of the molecule is Cc1nc(-c2cnn(C)c2)sc1C(=O)OC1(C2CC2)CC1. The van der Waals surface area contributed by atoms with E-state index in [2.05, 4.69) is 10.1 Å². The molecule has 0 bridgehead atoms. The number of hydrogen-bond donors (Lipinski definition) is 0. The Bertz CT molecular complexity index is 710. The van der Waals surface area contributed by atoms with Gasteiger partial charge in [-0.05, 0) is 38.5 Å². The van der Waals surface area contributed by atoms with Gasteiger partial charge >= 0.3 is 5.97 Å². The van der Waals surface area contributed by atoms with Crippen LogP contribution in [0.4, 0.5) is 0 Å². The fourth-order valence-electron chi connectivity index (χ4n) is 2.80. The molecule has 0 aromatic carbocycles. The van der Waals surface area contributed by atoms with Crippen molar-refractivity contribution in [2.75, 3.05) is 0 Å². The van der Waals surface area contributed by atoms with Crippen LogP contribution in [0.3, 0.4) is 0 Å². The van der Waals surface area contributed by atoms with E-state index in [1.165, 1.54) is 24.2 Å². The Kier molecular flexibility index (Phi) is 2.73. The van der Waals surface area contributed by atoms with E-state index in [0.717, 1.165) is 29.1 Å². The molecule has 2 fully saturated rings. The lowest BCUT2D eigenvalue weighted by Gasteiger charge is -2.14. The van der Waals surface area contributed by atoms with Gasteiger partial charge in [0.05, 0.1) is 11.9 Å². The van der Waals surface area contributed by atoms with E-state index in [1.54, 1.807) is 10.9 Å². The van der Waals surface area contributed by atoms with E-state index in [4.69, 9.17) is 4.74 Å². The number of ether oxygens (including phenoxy) is 1. The van der Waals surface area contributed by atoms with E-state index in [9.17, 15) is 4.79 Å². The quantitative estimate of drug-likeness (QED) is 0.815. The molecule has 2 aliphatic carbocycles. The molecule has 0 spiro atoms. The Labute approximate surface area is 127 Å². The first-order valence-corrected chi connectivity index (χ1v) is 8.09. The van der Waals surface area contributed by atoms with Gasteiger partial charge in [-0.15, -0.1) is 11.3 Å². The van der Waals surface area contributed by atoms with E-state index >= 15 is 0 Å². The average Bonchev–Trinajstić information content (AvgIpc) is 3.34. The van der Waals surface area contributed by atoms with Gasteiger partial charge in [-0.25, -0.2) is 9.78 Å². The summed E-state index contributed by atoms with van der Waals surface area (Å²) in [6, 6.07) is 0. The van der Waals surface area contributed by atoms with Gasteiger partial charge in [-0.1, -0.05) is 0 Å². The minimum atomic E-state index is -0.204. The third-order valence-corrected chi connectivity index (χ3v) is 5.48.